The summed E-state index contributed by atoms with van der Waals surface area (Å²) in [7, 11) is 0. The molecule has 26 heavy (non-hydrogen) atoms. The highest BCUT2D eigenvalue weighted by atomic mass is 32.2. The van der Waals surface area contributed by atoms with Gasteiger partial charge in [-0.05, 0) is 56.5 Å². The van der Waals surface area contributed by atoms with E-state index in [1.807, 2.05) is 30.0 Å². The minimum atomic E-state index is 0.116. The van der Waals surface area contributed by atoms with E-state index in [0.29, 0.717) is 12.1 Å². The number of amidine groups is 1. The van der Waals surface area contributed by atoms with Gasteiger partial charge in [0.15, 0.2) is 5.17 Å². The van der Waals surface area contributed by atoms with Crippen LogP contribution < -0.4 is 0 Å². The van der Waals surface area contributed by atoms with Gasteiger partial charge in [0, 0.05) is 12.1 Å². The molecule has 140 valence electrons. The molecule has 0 unspecified atom stereocenters. The second-order valence-corrected chi connectivity index (χ2v) is 8.74. The molecule has 5 heteroatoms. The van der Waals surface area contributed by atoms with E-state index in [-0.39, 0.29) is 5.91 Å². The molecule has 1 aliphatic heterocycles. The zero-order valence-electron chi connectivity index (χ0n) is 15.6. The molecule has 1 aromatic heterocycles. The number of aryl methyl sites for hydroxylation is 1. The van der Waals surface area contributed by atoms with Crippen molar-refractivity contribution in [1.29, 1.82) is 0 Å². The van der Waals surface area contributed by atoms with Gasteiger partial charge < -0.3 is 4.42 Å². The Kier molecular flexibility index (Phi) is 5.53. The van der Waals surface area contributed by atoms with Crippen molar-refractivity contribution in [2.75, 3.05) is 0 Å². The summed E-state index contributed by atoms with van der Waals surface area (Å²) < 4.78 is 5.66. The fourth-order valence-electron chi connectivity index (χ4n) is 4.26. The van der Waals surface area contributed by atoms with Crippen molar-refractivity contribution in [2.24, 2.45) is 4.99 Å². The number of hydrogen-bond acceptors (Lipinski definition) is 4. The van der Waals surface area contributed by atoms with Crippen LogP contribution >= 0.6 is 11.8 Å². The van der Waals surface area contributed by atoms with Crippen molar-refractivity contribution in [1.82, 2.24) is 4.90 Å². The number of carbonyl (C=O) groups excluding carboxylic acids is 1. The van der Waals surface area contributed by atoms with Crippen molar-refractivity contribution >= 4 is 28.9 Å². The molecule has 0 aromatic carbocycles. The summed E-state index contributed by atoms with van der Waals surface area (Å²) in [4.78, 5) is 21.0. The van der Waals surface area contributed by atoms with E-state index in [2.05, 4.69) is 0 Å². The molecule has 0 bridgehead atoms. The maximum atomic E-state index is 13.2. The fourth-order valence-corrected chi connectivity index (χ4v) is 5.35. The van der Waals surface area contributed by atoms with E-state index in [1.165, 1.54) is 38.5 Å². The molecular formula is C21H28N2O2S. The Balaban J connectivity index is 1.61. The first-order valence-electron chi connectivity index (χ1n) is 10.1. The van der Waals surface area contributed by atoms with Crippen LogP contribution in [0.3, 0.4) is 0 Å². The summed E-state index contributed by atoms with van der Waals surface area (Å²) in [5.74, 6) is 1.74. The third-order valence-corrected chi connectivity index (χ3v) is 6.68. The monoisotopic (exact) mass is 372 g/mol. The van der Waals surface area contributed by atoms with Crippen LogP contribution in [0.4, 0.5) is 0 Å². The topological polar surface area (TPSA) is 45.8 Å². The number of amides is 1. The van der Waals surface area contributed by atoms with Crippen molar-refractivity contribution in [3.05, 3.63) is 28.6 Å². The molecule has 4 nitrogen and oxygen atoms in total. The second-order valence-electron chi connectivity index (χ2n) is 7.73. The van der Waals surface area contributed by atoms with E-state index in [4.69, 9.17) is 9.41 Å². The lowest BCUT2D eigenvalue weighted by molar-refractivity contribution is -0.124. The van der Waals surface area contributed by atoms with Crippen LogP contribution in [0.5, 0.6) is 0 Å². The van der Waals surface area contributed by atoms with Crippen LogP contribution in [-0.2, 0) is 4.79 Å². The van der Waals surface area contributed by atoms with Gasteiger partial charge in [0.2, 0.25) is 0 Å². The molecule has 4 rings (SSSR count). The van der Waals surface area contributed by atoms with E-state index >= 15 is 0 Å². The number of carbonyl (C=O) groups is 1. The van der Waals surface area contributed by atoms with Crippen LogP contribution in [0.1, 0.15) is 75.7 Å². The minimum Gasteiger partial charge on any atom is -0.462 e. The Bertz CT molecular complexity index is 709. The lowest BCUT2D eigenvalue weighted by atomic mass is 9.94. The highest BCUT2D eigenvalue weighted by molar-refractivity contribution is 8.18. The van der Waals surface area contributed by atoms with Crippen LogP contribution in [0.15, 0.2) is 26.4 Å². The maximum Gasteiger partial charge on any atom is 0.267 e. The van der Waals surface area contributed by atoms with Crippen LogP contribution in [0.25, 0.3) is 6.08 Å². The fraction of sp³-hybridized carbons (Fsp3) is 0.619. The molecule has 3 aliphatic rings. The van der Waals surface area contributed by atoms with Crippen LogP contribution in [0.2, 0.25) is 0 Å². The van der Waals surface area contributed by atoms with Crippen molar-refractivity contribution in [2.45, 2.75) is 83.2 Å². The average molecular weight is 373 g/mol. The van der Waals surface area contributed by atoms with Gasteiger partial charge in [0.05, 0.1) is 10.9 Å². The Hall–Kier alpha value is -1.49. The van der Waals surface area contributed by atoms with E-state index < -0.39 is 0 Å². The third-order valence-electron chi connectivity index (χ3n) is 5.68. The first kappa shape index (κ1) is 17.9. The van der Waals surface area contributed by atoms with Gasteiger partial charge >= 0.3 is 0 Å². The van der Waals surface area contributed by atoms with Gasteiger partial charge in [-0.15, -0.1) is 0 Å². The van der Waals surface area contributed by atoms with E-state index in [9.17, 15) is 4.79 Å². The average Bonchev–Trinajstić information content (AvgIpc) is 3.20. The summed E-state index contributed by atoms with van der Waals surface area (Å²) in [6.45, 7) is 1.93. The van der Waals surface area contributed by atoms with Gasteiger partial charge in [-0.3, -0.25) is 14.7 Å². The minimum absolute atomic E-state index is 0.116. The Morgan fingerprint density at radius 3 is 2.42 bits per heavy atom. The van der Waals surface area contributed by atoms with E-state index in [0.717, 1.165) is 47.3 Å². The van der Waals surface area contributed by atoms with Crippen LogP contribution in [0, 0.1) is 6.92 Å². The summed E-state index contributed by atoms with van der Waals surface area (Å²) in [5, 5.41) is 0.934. The van der Waals surface area contributed by atoms with Gasteiger partial charge in [0.25, 0.3) is 5.91 Å². The molecule has 3 fully saturated rings. The highest BCUT2D eigenvalue weighted by Gasteiger charge is 2.39. The molecule has 1 amide bonds. The number of nitrogens with zero attached hydrogens (tertiary/aromatic N) is 2. The summed E-state index contributed by atoms with van der Waals surface area (Å²) in [5.41, 5.74) is 0. The number of thioether (sulfide) groups is 1. The number of furan rings is 1. The predicted octanol–water partition coefficient (Wildman–Crippen LogP) is 5.53. The summed E-state index contributed by atoms with van der Waals surface area (Å²) in [6.07, 6.45) is 14.0. The molecule has 0 radical (unpaired) electrons. The summed E-state index contributed by atoms with van der Waals surface area (Å²) >= 11 is 1.55. The van der Waals surface area contributed by atoms with Gasteiger partial charge in [-0.25, -0.2) is 0 Å². The van der Waals surface area contributed by atoms with Gasteiger partial charge in [0.1, 0.15) is 11.5 Å². The zero-order valence-corrected chi connectivity index (χ0v) is 16.4. The molecule has 1 aromatic rings. The maximum absolute atomic E-state index is 13.2. The molecule has 0 N–H and O–H groups in total. The molecule has 1 saturated heterocycles. The largest absolute Gasteiger partial charge is 0.462 e. The Morgan fingerprint density at radius 1 is 1.08 bits per heavy atom. The Morgan fingerprint density at radius 2 is 1.77 bits per heavy atom. The highest BCUT2D eigenvalue weighted by Crippen LogP contribution is 2.38. The molecule has 2 saturated carbocycles. The number of aliphatic imine (C=N–C) groups is 1. The third kappa shape index (κ3) is 3.93. The first-order valence-corrected chi connectivity index (χ1v) is 10.9. The van der Waals surface area contributed by atoms with Crippen molar-refractivity contribution < 1.29 is 9.21 Å². The van der Waals surface area contributed by atoms with E-state index in [1.54, 1.807) is 11.8 Å². The van der Waals surface area contributed by atoms with Crippen LogP contribution in [-0.4, -0.2) is 28.1 Å². The standard InChI is InChI=1S/C21H28N2O2S/c1-15-12-13-18(25-15)14-19-20(24)23(17-10-6-3-7-11-17)21(26-19)22-16-8-4-2-5-9-16/h12-14,16-17H,2-11H2,1H3. The molecular weight excluding hydrogens is 344 g/mol. The first-order chi connectivity index (χ1) is 12.7. The zero-order chi connectivity index (χ0) is 17.9. The molecule has 0 atom stereocenters. The van der Waals surface area contributed by atoms with Crippen molar-refractivity contribution in [3.8, 4) is 0 Å². The quantitative estimate of drug-likeness (QED) is 0.656. The summed E-state index contributed by atoms with van der Waals surface area (Å²) in [6, 6.07) is 4.56. The predicted molar refractivity (Wildman–Crippen MR) is 107 cm³/mol. The van der Waals surface area contributed by atoms with Gasteiger partial charge in [-0.2, -0.15) is 0 Å². The lowest BCUT2D eigenvalue weighted by Gasteiger charge is -2.31. The number of rotatable bonds is 3. The SMILES string of the molecule is Cc1ccc(C=C2SC(=NC3CCCCC3)N(C3CCCCC3)C2=O)o1. The molecule has 2 aliphatic carbocycles. The van der Waals surface area contributed by atoms with Gasteiger partial charge in [-0.1, -0.05) is 38.5 Å². The normalized spacial score (nSPS) is 26.3. The Labute approximate surface area is 160 Å². The molecule has 2 heterocycles. The smallest absolute Gasteiger partial charge is 0.267 e. The lowest BCUT2D eigenvalue weighted by Crippen LogP contribution is -2.41. The van der Waals surface area contributed by atoms with Crippen molar-refractivity contribution in [3.63, 3.8) is 0 Å². The molecule has 0 spiro atoms. The number of hydrogen-bond donors (Lipinski definition) is 0. The second kappa shape index (κ2) is 8.03.